The van der Waals surface area contributed by atoms with Crippen molar-refractivity contribution in [2.75, 3.05) is 32.4 Å². The van der Waals surface area contributed by atoms with Crippen molar-refractivity contribution in [3.8, 4) is 0 Å². The summed E-state index contributed by atoms with van der Waals surface area (Å²) in [6.45, 7) is 7.43. The number of nitrogens with one attached hydrogen (secondary N) is 2. The van der Waals surface area contributed by atoms with Crippen LogP contribution in [0.25, 0.3) is 11.0 Å². The molecule has 0 aliphatic rings. The molecule has 2 aromatic rings. The average molecular weight is 381 g/mol. The number of para-hydroxylation sites is 1. The van der Waals surface area contributed by atoms with E-state index in [2.05, 4.69) is 15.6 Å². The molecule has 0 saturated heterocycles. The van der Waals surface area contributed by atoms with Crippen molar-refractivity contribution in [3.05, 3.63) is 35.6 Å². The highest BCUT2D eigenvalue weighted by Crippen LogP contribution is 2.24. The van der Waals surface area contributed by atoms with E-state index in [1.165, 1.54) is 4.31 Å². The lowest BCUT2D eigenvalue weighted by atomic mass is 10.1. The van der Waals surface area contributed by atoms with Crippen molar-refractivity contribution in [2.45, 2.75) is 27.3 Å². The zero-order valence-corrected chi connectivity index (χ0v) is 16.7. The standard InChI is InChI=1S/C18H28N4O3S/c1-5-22(6-2)26(23,24)12-11-20-18(19-4)21-13-17-14(3)15-9-7-8-10-16(15)25-17/h7-10H,5-6,11-13H2,1-4H3,(H2,19,20,21). The number of fused-ring (bicyclic) bond motifs is 1. The monoisotopic (exact) mass is 380 g/mol. The van der Waals surface area contributed by atoms with Gasteiger partial charge in [-0.15, -0.1) is 0 Å². The molecule has 0 bridgehead atoms. The second-order valence-electron chi connectivity index (χ2n) is 5.90. The lowest BCUT2D eigenvalue weighted by molar-refractivity contribution is 0.445. The minimum atomic E-state index is -3.25. The Morgan fingerprint density at radius 3 is 2.50 bits per heavy atom. The Hall–Kier alpha value is -2.06. The summed E-state index contributed by atoms with van der Waals surface area (Å²) < 4.78 is 31.7. The summed E-state index contributed by atoms with van der Waals surface area (Å²) in [5.41, 5.74) is 1.95. The Morgan fingerprint density at radius 2 is 1.88 bits per heavy atom. The van der Waals surface area contributed by atoms with Crippen LogP contribution in [0.15, 0.2) is 33.7 Å². The van der Waals surface area contributed by atoms with Gasteiger partial charge in [0, 0.05) is 37.6 Å². The lowest BCUT2D eigenvalue weighted by Gasteiger charge is -2.19. The minimum absolute atomic E-state index is 0.0268. The van der Waals surface area contributed by atoms with Crippen molar-refractivity contribution >= 4 is 27.0 Å². The molecular weight excluding hydrogens is 352 g/mol. The molecule has 0 radical (unpaired) electrons. The molecule has 0 aliphatic carbocycles. The number of sulfonamides is 1. The third-order valence-corrected chi connectivity index (χ3v) is 6.36. The number of furan rings is 1. The van der Waals surface area contributed by atoms with Crippen LogP contribution >= 0.6 is 0 Å². The van der Waals surface area contributed by atoms with Crippen LogP contribution < -0.4 is 10.6 Å². The van der Waals surface area contributed by atoms with Crippen LogP contribution in [0.5, 0.6) is 0 Å². The zero-order chi connectivity index (χ0) is 19.2. The molecule has 0 spiro atoms. The predicted octanol–water partition coefficient (Wildman–Crippen LogP) is 2.08. The van der Waals surface area contributed by atoms with Crippen LogP contribution in [0, 0.1) is 6.92 Å². The molecule has 26 heavy (non-hydrogen) atoms. The van der Waals surface area contributed by atoms with Crippen molar-refractivity contribution in [3.63, 3.8) is 0 Å². The molecule has 0 fully saturated rings. The Morgan fingerprint density at radius 1 is 1.19 bits per heavy atom. The SMILES string of the molecule is CCN(CC)S(=O)(=O)CCNC(=NC)NCc1oc2ccccc2c1C. The van der Waals surface area contributed by atoms with Gasteiger partial charge in [0.05, 0.1) is 12.3 Å². The van der Waals surface area contributed by atoms with E-state index in [4.69, 9.17) is 4.42 Å². The highest BCUT2D eigenvalue weighted by molar-refractivity contribution is 7.89. The third-order valence-electron chi connectivity index (χ3n) is 4.33. The topological polar surface area (TPSA) is 86.9 Å². The maximum Gasteiger partial charge on any atom is 0.215 e. The third kappa shape index (κ3) is 4.76. The Labute approximate surface area is 155 Å². The smallest absolute Gasteiger partial charge is 0.215 e. The molecule has 7 nitrogen and oxygen atoms in total. The van der Waals surface area contributed by atoms with Crippen LogP contribution in [0.3, 0.4) is 0 Å². The first-order valence-electron chi connectivity index (χ1n) is 8.82. The summed E-state index contributed by atoms with van der Waals surface area (Å²) in [5, 5.41) is 7.31. The normalized spacial score (nSPS) is 12.7. The van der Waals surface area contributed by atoms with Gasteiger partial charge >= 0.3 is 0 Å². The molecule has 0 amide bonds. The van der Waals surface area contributed by atoms with Gasteiger partial charge in [-0.3, -0.25) is 4.99 Å². The number of nitrogens with zero attached hydrogens (tertiary/aromatic N) is 2. The minimum Gasteiger partial charge on any atom is -0.459 e. The predicted molar refractivity (Wildman–Crippen MR) is 106 cm³/mol. The van der Waals surface area contributed by atoms with Crippen LogP contribution in [-0.2, 0) is 16.6 Å². The number of aliphatic imine (C=N–C) groups is 1. The first-order chi connectivity index (χ1) is 12.4. The number of hydrogen-bond acceptors (Lipinski definition) is 4. The maximum atomic E-state index is 12.2. The van der Waals surface area contributed by atoms with Crippen molar-refractivity contribution in [2.24, 2.45) is 4.99 Å². The van der Waals surface area contributed by atoms with E-state index in [9.17, 15) is 8.42 Å². The molecule has 8 heteroatoms. The van der Waals surface area contributed by atoms with Crippen molar-refractivity contribution in [1.29, 1.82) is 0 Å². The van der Waals surface area contributed by atoms with E-state index in [0.29, 0.717) is 25.6 Å². The number of aryl methyl sites for hydroxylation is 1. The summed E-state index contributed by atoms with van der Waals surface area (Å²) in [4.78, 5) is 4.14. The zero-order valence-electron chi connectivity index (χ0n) is 15.9. The second-order valence-corrected chi connectivity index (χ2v) is 7.99. The molecule has 0 aliphatic heterocycles. The summed E-state index contributed by atoms with van der Waals surface area (Å²) in [6, 6.07) is 7.90. The van der Waals surface area contributed by atoms with Gasteiger partial charge in [0.15, 0.2) is 5.96 Å². The molecule has 0 saturated carbocycles. The van der Waals surface area contributed by atoms with Gasteiger partial charge in [-0.2, -0.15) is 0 Å². The molecule has 2 N–H and O–H groups in total. The largest absolute Gasteiger partial charge is 0.459 e. The van der Waals surface area contributed by atoms with Gasteiger partial charge in [-0.05, 0) is 13.0 Å². The first-order valence-corrected chi connectivity index (χ1v) is 10.4. The molecule has 0 unspecified atom stereocenters. The van der Waals surface area contributed by atoms with Gasteiger partial charge in [-0.25, -0.2) is 12.7 Å². The Balaban J connectivity index is 1.91. The Kier molecular flexibility index (Phi) is 7.05. The van der Waals surface area contributed by atoms with Gasteiger partial charge in [0.25, 0.3) is 0 Å². The highest BCUT2D eigenvalue weighted by atomic mass is 32.2. The lowest BCUT2D eigenvalue weighted by Crippen LogP contribution is -2.41. The molecule has 1 heterocycles. The van der Waals surface area contributed by atoms with E-state index in [-0.39, 0.29) is 12.3 Å². The molecule has 1 aromatic carbocycles. The molecule has 144 valence electrons. The molecule has 1 aromatic heterocycles. The number of guanidine groups is 1. The summed E-state index contributed by atoms with van der Waals surface area (Å²) in [6.07, 6.45) is 0. The summed E-state index contributed by atoms with van der Waals surface area (Å²) in [5.74, 6) is 1.41. The van der Waals surface area contributed by atoms with Crippen LogP contribution in [-0.4, -0.2) is 51.1 Å². The highest BCUT2D eigenvalue weighted by Gasteiger charge is 2.18. The van der Waals surface area contributed by atoms with E-state index < -0.39 is 10.0 Å². The molecule has 2 rings (SSSR count). The van der Waals surface area contributed by atoms with Crippen LogP contribution in [0.4, 0.5) is 0 Å². The van der Waals surface area contributed by atoms with E-state index in [0.717, 1.165) is 22.3 Å². The van der Waals surface area contributed by atoms with E-state index in [1.54, 1.807) is 7.05 Å². The average Bonchev–Trinajstić information content (AvgIpc) is 2.95. The fourth-order valence-electron chi connectivity index (χ4n) is 2.82. The fraction of sp³-hybridized carbons (Fsp3) is 0.500. The summed E-state index contributed by atoms with van der Waals surface area (Å²) in [7, 11) is -1.60. The van der Waals surface area contributed by atoms with Gasteiger partial charge < -0.3 is 15.1 Å². The molecule has 0 atom stereocenters. The second kappa shape index (κ2) is 9.05. The van der Waals surface area contributed by atoms with Crippen LogP contribution in [0.1, 0.15) is 25.2 Å². The van der Waals surface area contributed by atoms with Gasteiger partial charge in [-0.1, -0.05) is 32.0 Å². The van der Waals surface area contributed by atoms with E-state index in [1.807, 2.05) is 45.0 Å². The summed E-state index contributed by atoms with van der Waals surface area (Å²) >= 11 is 0. The molecular formula is C18H28N4O3S. The van der Waals surface area contributed by atoms with Gasteiger partial charge in [0.1, 0.15) is 11.3 Å². The number of rotatable bonds is 8. The first kappa shape index (κ1) is 20.3. The Bertz CT molecular complexity index is 854. The maximum absolute atomic E-state index is 12.2. The number of benzene rings is 1. The van der Waals surface area contributed by atoms with Crippen molar-refractivity contribution < 1.29 is 12.8 Å². The van der Waals surface area contributed by atoms with E-state index >= 15 is 0 Å². The van der Waals surface area contributed by atoms with Gasteiger partial charge in [0.2, 0.25) is 10.0 Å². The fourth-order valence-corrected chi connectivity index (χ4v) is 4.23. The van der Waals surface area contributed by atoms with Crippen LogP contribution in [0.2, 0.25) is 0 Å². The quantitative estimate of drug-likeness (QED) is 0.541. The van der Waals surface area contributed by atoms with Crippen molar-refractivity contribution in [1.82, 2.24) is 14.9 Å². The number of hydrogen-bond donors (Lipinski definition) is 2.